The third-order valence-corrected chi connectivity index (χ3v) is 5.34. The zero-order valence-electron chi connectivity index (χ0n) is 16.0. The molecule has 0 saturated heterocycles. The van der Waals surface area contributed by atoms with Gasteiger partial charge in [-0.05, 0) is 29.8 Å². The summed E-state index contributed by atoms with van der Waals surface area (Å²) in [6.07, 6.45) is 0.0785. The van der Waals surface area contributed by atoms with Gasteiger partial charge in [0.05, 0.1) is 9.82 Å². The second-order valence-electron chi connectivity index (χ2n) is 6.60. The van der Waals surface area contributed by atoms with Crippen LogP contribution in [0.3, 0.4) is 0 Å². The van der Waals surface area contributed by atoms with Gasteiger partial charge in [0.1, 0.15) is 5.69 Å². The summed E-state index contributed by atoms with van der Waals surface area (Å²) < 4.78 is 33.3. The number of rotatable bonds is 8. The topological polar surface area (TPSA) is 154 Å². The summed E-state index contributed by atoms with van der Waals surface area (Å²) in [6.45, 7) is 0.655. The summed E-state index contributed by atoms with van der Waals surface area (Å²) in [5, 5.41) is 19.0. The van der Waals surface area contributed by atoms with Gasteiger partial charge in [0.15, 0.2) is 11.5 Å². The van der Waals surface area contributed by atoms with Gasteiger partial charge in [-0.15, -0.1) is 0 Å². The van der Waals surface area contributed by atoms with Gasteiger partial charge in [0.2, 0.25) is 22.7 Å². The number of carbonyl (C=O) groups is 1. The smallest absolute Gasteiger partial charge is 0.293 e. The number of ether oxygens (including phenoxy) is 2. The number of anilines is 1. The number of nitro benzene ring substituents is 1. The number of amides is 1. The Morgan fingerprint density at radius 3 is 2.67 bits per heavy atom. The highest BCUT2D eigenvalue weighted by molar-refractivity contribution is 7.89. The maximum Gasteiger partial charge on any atom is 0.293 e. The third kappa shape index (κ3) is 4.96. The van der Waals surface area contributed by atoms with Crippen LogP contribution in [0.2, 0.25) is 0 Å². The molecule has 0 aliphatic carbocycles. The molecule has 2 aromatic rings. The van der Waals surface area contributed by atoms with Crippen molar-refractivity contribution >= 4 is 27.3 Å². The van der Waals surface area contributed by atoms with Crippen LogP contribution in [0.15, 0.2) is 41.3 Å². The lowest BCUT2D eigenvalue weighted by atomic mass is 10.2. The van der Waals surface area contributed by atoms with Gasteiger partial charge in [-0.2, -0.15) is 0 Å². The first-order valence-electron chi connectivity index (χ1n) is 8.83. The highest BCUT2D eigenvalue weighted by Crippen LogP contribution is 2.32. The van der Waals surface area contributed by atoms with E-state index in [1.807, 2.05) is 6.07 Å². The van der Waals surface area contributed by atoms with Gasteiger partial charge in [-0.3, -0.25) is 14.9 Å². The van der Waals surface area contributed by atoms with Crippen molar-refractivity contribution in [3.63, 3.8) is 0 Å². The molecule has 1 aliphatic rings. The maximum absolute atomic E-state index is 12.4. The Morgan fingerprint density at radius 2 is 1.97 bits per heavy atom. The van der Waals surface area contributed by atoms with Crippen LogP contribution in [0, 0.1) is 10.1 Å². The zero-order chi connectivity index (χ0) is 21.9. The molecule has 0 saturated carbocycles. The number of nitrogens with one attached hydrogen (secondary N) is 1. The molecular weight excluding hydrogens is 416 g/mol. The molecule has 1 aliphatic heterocycles. The highest BCUT2D eigenvalue weighted by atomic mass is 32.2. The molecule has 2 aromatic carbocycles. The molecule has 3 N–H and O–H groups in total. The lowest BCUT2D eigenvalue weighted by molar-refractivity contribution is -0.384. The first-order chi connectivity index (χ1) is 14.1. The molecular formula is C18H20N4O7S. The van der Waals surface area contributed by atoms with Gasteiger partial charge in [0, 0.05) is 32.6 Å². The average Bonchev–Trinajstić information content (AvgIpc) is 3.14. The van der Waals surface area contributed by atoms with Crippen LogP contribution in [0.4, 0.5) is 11.4 Å². The summed E-state index contributed by atoms with van der Waals surface area (Å²) in [7, 11) is -2.42. The largest absolute Gasteiger partial charge is 0.454 e. The standard InChI is InChI=1S/C18H20N4O7S/c1-21(10-12-2-5-16-17(8-12)29-11-28-16)18(23)6-7-20-14-4-3-13(30(19,26)27)9-15(14)22(24)25/h2-5,8-9,20H,6-7,10-11H2,1H3,(H2,19,26,27). The van der Waals surface area contributed by atoms with E-state index in [9.17, 15) is 23.3 Å². The Kier molecular flexibility index (Phi) is 6.08. The van der Waals surface area contributed by atoms with E-state index in [-0.39, 0.29) is 36.2 Å². The molecule has 160 valence electrons. The minimum Gasteiger partial charge on any atom is -0.454 e. The number of primary sulfonamides is 1. The van der Waals surface area contributed by atoms with Crippen LogP contribution in [0.25, 0.3) is 0 Å². The second-order valence-corrected chi connectivity index (χ2v) is 8.16. The Morgan fingerprint density at radius 1 is 1.23 bits per heavy atom. The normalized spacial score (nSPS) is 12.5. The molecule has 11 nitrogen and oxygen atoms in total. The third-order valence-electron chi connectivity index (χ3n) is 4.43. The van der Waals surface area contributed by atoms with E-state index in [1.54, 1.807) is 19.2 Å². The van der Waals surface area contributed by atoms with Crippen LogP contribution in [-0.2, 0) is 21.4 Å². The van der Waals surface area contributed by atoms with Crippen molar-refractivity contribution in [3.8, 4) is 11.5 Å². The lowest BCUT2D eigenvalue weighted by Gasteiger charge is -2.18. The van der Waals surface area contributed by atoms with E-state index in [0.717, 1.165) is 17.7 Å². The zero-order valence-corrected chi connectivity index (χ0v) is 16.8. The molecule has 0 bridgehead atoms. The van der Waals surface area contributed by atoms with Crippen molar-refractivity contribution in [1.82, 2.24) is 4.90 Å². The number of nitro groups is 1. The number of fused-ring (bicyclic) bond motifs is 1. The van der Waals surface area contributed by atoms with Gasteiger partial charge in [-0.1, -0.05) is 6.07 Å². The monoisotopic (exact) mass is 436 g/mol. The van der Waals surface area contributed by atoms with Gasteiger partial charge in [0.25, 0.3) is 5.69 Å². The van der Waals surface area contributed by atoms with E-state index in [4.69, 9.17) is 14.6 Å². The number of hydrogen-bond donors (Lipinski definition) is 2. The number of hydrogen-bond acceptors (Lipinski definition) is 8. The van der Waals surface area contributed by atoms with Crippen LogP contribution in [-0.4, -0.2) is 44.5 Å². The molecule has 1 amide bonds. The molecule has 30 heavy (non-hydrogen) atoms. The van der Waals surface area contributed by atoms with Crippen LogP contribution in [0.5, 0.6) is 11.5 Å². The van der Waals surface area contributed by atoms with Gasteiger partial charge in [-0.25, -0.2) is 13.6 Å². The SMILES string of the molecule is CN(Cc1ccc2c(c1)OCO2)C(=O)CCNc1ccc(S(N)(=O)=O)cc1[N+](=O)[O-]. The number of benzene rings is 2. The van der Waals surface area contributed by atoms with Crippen molar-refractivity contribution in [3.05, 3.63) is 52.1 Å². The van der Waals surface area contributed by atoms with Crippen molar-refractivity contribution in [1.29, 1.82) is 0 Å². The molecule has 0 spiro atoms. The maximum atomic E-state index is 12.4. The van der Waals surface area contributed by atoms with Crippen molar-refractivity contribution in [2.75, 3.05) is 25.7 Å². The molecule has 0 atom stereocenters. The van der Waals surface area contributed by atoms with E-state index in [2.05, 4.69) is 5.32 Å². The van der Waals surface area contributed by atoms with Crippen LogP contribution < -0.4 is 19.9 Å². The van der Waals surface area contributed by atoms with Gasteiger partial charge >= 0.3 is 0 Å². The van der Waals surface area contributed by atoms with Crippen LogP contribution >= 0.6 is 0 Å². The summed E-state index contributed by atoms with van der Waals surface area (Å²) >= 11 is 0. The quantitative estimate of drug-likeness (QED) is 0.465. The number of sulfonamides is 1. The second kappa shape index (κ2) is 8.55. The molecule has 0 unspecified atom stereocenters. The minimum atomic E-state index is -4.06. The molecule has 0 fully saturated rings. The van der Waals surface area contributed by atoms with Crippen molar-refractivity contribution < 1.29 is 27.6 Å². The fourth-order valence-electron chi connectivity index (χ4n) is 2.89. The summed E-state index contributed by atoms with van der Waals surface area (Å²) in [6, 6.07) is 8.72. The molecule has 0 aromatic heterocycles. The van der Waals surface area contributed by atoms with Gasteiger partial charge < -0.3 is 19.7 Å². The Bertz CT molecular complexity index is 1090. The van der Waals surface area contributed by atoms with E-state index in [1.165, 1.54) is 11.0 Å². The molecule has 12 heteroatoms. The van der Waals surface area contributed by atoms with E-state index in [0.29, 0.717) is 18.0 Å². The van der Waals surface area contributed by atoms with E-state index < -0.39 is 20.6 Å². The molecule has 1 heterocycles. The fourth-order valence-corrected chi connectivity index (χ4v) is 3.42. The number of nitrogens with zero attached hydrogens (tertiary/aromatic N) is 2. The summed E-state index contributed by atoms with van der Waals surface area (Å²) in [4.78, 5) is 24.0. The Balaban J connectivity index is 1.58. The Labute approximate surface area is 172 Å². The summed E-state index contributed by atoms with van der Waals surface area (Å²) in [5.74, 6) is 1.11. The molecule has 0 radical (unpaired) electrons. The summed E-state index contributed by atoms with van der Waals surface area (Å²) in [5.41, 5.74) is 0.526. The highest BCUT2D eigenvalue weighted by Gasteiger charge is 2.20. The fraction of sp³-hybridized carbons (Fsp3) is 0.278. The molecule has 3 rings (SSSR count). The first-order valence-corrected chi connectivity index (χ1v) is 10.4. The minimum absolute atomic E-state index is 0.0785. The first kappa shape index (κ1) is 21.3. The lowest BCUT2D eigenvalue weighted by Crippen LogP contribution is -2.27. The van der Waals surface area contributed by atoms with Crippen molar-refractivity contribution in [2.24, 2.45) is 5.14 Å². The number of carbonyl (C=O) groups excluding carboxylic acids is 1. The number of nitrogens with two attached hydrogens (primary N) is 1. The van der Waals surface area contributed by atoms with Crippen molar-refractivity contribution in [2.45, 2.75) is 17.9 Å². The Hall–Kier alpha value is -3.38. The predicted molar refractivity (Wildman–Crippen MR) is 107 cm³/mol. The predicted octanol–water partition coefficient (Wildman–Crippen LogP) is 1.43. The van der Waals surface area contributed by atoms with E-state index >= 15 is 0 Å². The average molecular weight is 436 g/mol. The van der Waals surface area contributed by atoms with Crippen LogP contribution in [0.1, 0.15) is 12.0 Å².